The summed E-state index contributed by atoms with van der Waals surface area (Å²) in [6, 6.07) is 3.92. The van der Waals surface area contributed by atoms with Crippen molar-refractivity contribution in [2.24, 2.45) is 5.92 Å². The lowest BCUT2D eigenvalue weighted by Crippen LogP contribution is -2.47. The fourth-order valence-corrected chi connectivity index (χ4v) is 2.43. The number of carbonyl (C=O) groups is 1. The second kappa shape index (κ2) is 5.59. The molecule has 104 valence electrons. The summed E-state index contributed by atoms with van der Waals surface area (Å²) >= 11 is 0. The average molecular weight is 272 g/mol. The van der Waals surface area contributed by atoms with E-state index in [1.54, 1.807) is 12.1 Å². The van der Waals surface area contributed by atoms with Gasteiger partial charge >= 0.3 is 6.18 Å². The molecule has 3 nitrogen and oxygen atoms in total. The Labute approximate surface area is 109 Å². The molecule has 19 heavy (non-hydrogen) atoms. The summed E-state index contributed by atoms with van der Waals surface area (Å²) in [7, 11) is 0. The van der Waals surface area contributed by atoms with E-state index in [2.05, 4.69) is 10.3 Å². The fourth-order valence-electron chi connectivity index (χ4n) is 2.43. The Kier molecular flexibility index (Phi) is 4.07. The van der Waals surface area contributed by atoms with Gasteiger partial charge in [0.1, 0.15) is 5.69 Å². The first kappa shape index (κ1) is 13.8. The molecule has 0 unspecified atom stereocenters. The van der Waals surface area contributed by atoms with E-state index in [1.165, 1.54) is 12.3 Å². The van der Waals surface area contributed by atoms with Gasteiger partial charge in [-0.05, 0) is 25.0 Å². The number of aromatic nitrogens is 1. The van der Waals surface area contributed by atoms with E-state index in [4.69, 9.17) is 0 Å². The molecule has 1 amide bonds. The SMILES string of the molecule is O=C(N[C@H]1CCCC[C@H]1C(F)(F)F)c1ccccn1. The number of nitrogens with one attached hydrogen (secondary N) is 1. The highest BCUT2D eigenvalue weighted by Gasteiger charge is 2.46. The maximum atomic E-state index is 12.9. The predicted molar refractivity (Wildman–Crippen MR) is 63.5 cm³/mol. The van der Waals surface area contributed by atoms with Crippen molar-refractivity contribution in [3.8, 4) is 0 Å². The molecule has 6 heteroatoms. The number of hydrogen-bond donors (Lipinski definition) is 1. The van der Waals surface area contributed by atoms with E-state index < -0.39 is 24.0 Å². The van der Waals surface area contributed by atoms with Crippen molar-refractivity contribution >= 4 is 5.91 Å². The Morgan fingerprint density at radius 1 is 1.26 bits per heavy atom. The summed E-state index contributed by atoms with van der Waals surface area (Å²) in [6.07, 6.45) is -1.11. The highest BCUT2D eigenvalue weighted by Crippen LogP contribution is 2.37. The number of carbonyl (C=O) groups excluding carboxylic acids is 1. The molecule has 0 radical (unpaired) electrons. The lowest BCUT2D eigenvalue weighted by molar-refractivity contribution is -0.187. The molecule has 0 bridgehead atoms. The van der Waals surface area contributed by atoms with Gasteiger partial charge in [0.15, 0.2) is 0 Å². The number of rotatable bonds is 2. The number of halogens is 3. The molecule has 1 fully saturated rings. The molecule has 1 aliphatic rings. The molecule has 1 saturated carbocycles. The number of alkyl halides is 3. The fraction of sp³-hybridized carbons (Fsp3) is 0.538. The third kappa shape index (κ3) is 3.45. The van der Waals surface area contributed by atoms with Crippen molar-refractivity contribution in [2.45, 2.75) is 37.9 Å². The standard InChI is InChI=1S/C13H15F3N2O/c14-13(15,16)9-5-1-2-6-10(9)18-12(19)11-7-3-4-8-17-11/h3-4,7-10H,1-2,5-6H2,(H,18,19)/t9-,10+/m1/s1. The highest BCUT2D eigenvalue weighted by atomic mass is 19.4. The molecule has 1 aromatic rings. The zero-order chi connectivity index (χ0) is 13.9. The summed E-state index contributed by atoms with van der Waals surface area (Å²) in [4.78, 5) is 15.7. The van der Waals surface area contributed by atoms with Crippen LogP contribution in [0.25, 0.3) is 0 Å². The number of hydrogen-bond acceptors (Lipinski definition) is 2. The van der Waals surface area contributed by atoms with Gasteiger partial charge in [-0.15, -0.1) is 0 Å². The summed E-state index contributed by atoms with van der Waals surface area (Å²) in [5.41, 5.74) is 0.147. The zero-order valence-electron chi connectivity index (χ0n) is 10.3. The molecule has 0 aromatic carbocycles. The van der Waals surface area contributed by atoms with E-state index >= 15 is 0 Å². The maximum Gasteiger partial charge on any atom is 0.393 e. The first-order valence-corrected chi connectivity index (χ1v) is 6.27. The van der Waals surface area contributed by atoms with Gasteiger partial charge in [0, 0.05) is 12.2 Å². The van der Waals surface area contributed by atoms with Crippen LogP contribution in [-0.4, -0.2) is 23.1 Å². The minimum absolute atomic E-state index is 0.0800. The van der Waals surface area contributed by atoms with Gasteiger partial charge in [0.2, 0.25) is 0 Å². The lowest BCUT2D eigenvalue weighted by Gasteiger charge is -2.33. The van der Waals surface area contributed by atoms with Crippen molar-refractivity contribution in [3.05, 3.63) is 30.1 Å². The summed E-state index contributed by atoms with van der Waals surface area (Å²) in [6.45, 7) is 0. The molecule has 2 atom stereocenters. The van der Waals surface area contributed by atoms with Crippen LogP contribution in [0, 0.1) is 5.92 Å². The Balaban J connectivity index is 2.06. The van der Waals surface area contributed by atoms with Crippen molar-refractivity contribution in [1.29, 1.82) is 0 Å². The van der Waals surface area contributed by atoms with Crippen LogP contribution >= 0.6 is 0 Å². The average Bonchev–Trinajstić information content (AvgIpc) is 2.39. The smallest absolute Gasteiger partial charge is 0.347 e. The topological polar surface area (TPSA) is 42.0 Å². The van der Waals surface area contributed by atoms with Gasteiger partial charge in [-0.3, -0.25) is 9.78 Å². The molecular formula is C13H15F3N2O. The third-order valence-corrected chi connectivity index (χ3v) is 3.40. The maximum absolute atomic E-state index is 12.9. The molecule has 1 heterocycles. The number of pyridine rings is 1. The number of nitrogens with zero attached hydrogens (tertiary/aromatic N) is 1. The minimum atomic E-state index is -4.26. The van der Waals surface area contributed by atoms with Crippen molar-refractivity contribution in [3.63, 3.8) is 0 Å². The van der Waals surface area contributed by atoms with Crippen LogP contribution in [0.15, 0.2) is 24.4 Å². The predicted octanol–water partition coefficient (Wildman–Crippen LogP) is 2.93. The highest BCUT2D eigenvalue weighted by molar-refractivity contribution is 5.92. The first-order chi connectivity index (χ1) is 8.98. The van der Waals surface area contributed by atoms with Crippen LogP contribution in [0.2, 0.25) is 0 Å². The lowest BCUT2D eigenvalue weighted by atomic mass is 9.84. The third-order valence-electron chi connectivity index (χ3n) is 3.40. The van der Waals surface area contributed by atoms with Crippen LogP contribution < -0.4 is 5.32 Å². The summed E-state index contributed by atoms with van der Waals surface area (Å²) < 4.78 is 38.6. The van der Waals surface area contributed by atoms with Gasteiger partial charge in [-0.1, -0.05) is 18.9 Å². The summed E-state index contributed by atoms with van der Waals surface area (Å²) in [5, 5.41) is 2.47. The van der Waals surface area contributed by atoms with E-state index in [1.807, 2.05) is 0 Å². The monoisotopic (exact) mass is 272 g/mol. The summed E-state index contributed by atoms with van der Waals surface area (Å²) in [5.74, 6) is -1.99. The minimum Gasteiger partial charge on any atom is -0.347 e. The van der Waals surface area contributed by atoms with E-state index in [0.29, 0.717) is 19.3 Å². The molecule has 1 aliphatic carbocycles. The van der Waals surface area contributed by atoms with E-state index in [-0.39, 0.29) is 12.1 Å². The van der Waals surface area contributed by atoms with Crippen LogP contribution in [0.5, 0.6) is 0 Å². The van der Waals surface area contributed by atoms with E-state index in [0.717, 1.165) is 0 Å². The van der Waals surface area contributed by atoms with Crippen molar-refractivity contribution in [2.75, 3.05) is 0 Å². The van der Waals surface area contributed by atoms with Crippen LogP contribution in [0.3, 0.4) is 0 Å². The molecular weight excluding hydrogens is 257 g/mol. The van der Waals surface area contributed by atoms with Crippen molar-refractivity contribution in [1.82, 2.24) is 10.3 Å². The van der Waals surface area contributed by atoms with Crippen molar-refractivity contribution < 1.29 is 18.0 Å². The normalized spacial score (nSPS) is 23.9. The Hall–Kier alpha value is -1.59. The van der Waals surface area contributed by atoms with Gasteiger partial charge in [0.05, 0.1) is 5.92 Å². The largest absolute Gasteiger partial charge is 0.393 e. The Morgan fingerprint density at radius 3 is 2.63 bits per heavy atom. The number of amides is 1. The molecule has 1 aromatic heterocycles. The van der Waals surface area contributed by atoms with E-state index in [9.17, 15) is 18.0 Å². The van der Waals surface area contributed by atoms with Crippen LogP contribution in [-0.2, 0) is 0 Å². The van der Waals surface area contributed by atoms with Crippen LogP contribution in [0.1, 0.15) is 36.2 Å². The molecule has 0 aliphatic heterocycles. The van der Waals surface area contributed by atoms with Gasteiger partial charge in [0.25, 0.3) is 5.91 Å². The quantitative estimate of drug-likeness (QED) is 0.899. The molecule has 2 rings (SSSR count). The van der Waals surface area contributed by atoms with Gasteiger partial charge < -0.3 is 5.32 Å². The van der Waals surface area contributed by atoms with Crippen LogP contribution in [0.4, 0.5) is 13.2 Å². The Bertz CT molecular complexity index is 433. The molecule has 0 spiro atoms. The second-order valence-corrected chi connectivity index (χ2v) is 4.73. The van der Waals surface area contributed by atoms with Gasteiger partial charge in [-0.2, -0.15) is 13.2 Å². The zero-order valence-corrected chi connectivity index (χ0v) is 10.3. The first-order valence-electron chi connectivity index (χ1n) is 6.27. The molecule has 0 saturated heterocycles. The molecule has 1 N–H and O–H groups in total. The van der Waals surface area contributed by atoms with Gasteiger partial charge in [-0.25, -0.2) is 0 Å². The Morgan fingerprint density at radius 2 is 2.00 bits per heavy atom. The second-order valence-electron chi connectivity index (χ2n) is 4.73.